The van der Waals surface area contributed by atoms with Gasteiger partial charge in [0.25, 0.3) is 0 Å². The Morgan fingerprint density at radius 3 is 2.44 bits per heavy atom. The topological polar surface area (TPSA) is 87.0 Å². The summed E-state index contributed by atoms with van der Waals surface area (Å²) in [5.74, 6) is 0.0480. The summed E-state index contributed by atoms with van der Waals surface area (Å²) < 4.78 is 39.9. The Bertz CT molecular complexity index is 380. The summed E-state index contributed by atoms with van der Waals surface area (Å²) >= 11 is 0. The highest BCUT2D eigenvalue weighted by Gasteiger charge is 2.27. The number of rotatable bonds is 3. The van der Waals surface area contributed by atoms with Crippen LogP contribution in [0.25, 0.3) is 0 Å². The number of nitrogens with two attached hydrogens (primary N) is 2. The molecular formula is C8H11F3N4O. The highest BCUT2D eigenvalue weighted by Crippen LogP contribution is 2.17. The van der Waals surface area contributed by atoms with Crippen LogP contribution in [0.15, 0.2) is 0 Å². The second kappa shape index (κ2) is 4.52. The van der Waals surface area contributed by atoms with Crippen molar-refractivity contribution in [2.24, 2.45) is 0 Å². The lowest BCUT2D eigenvalue weighted by atomic mass is 10.2. The van der Waals surface area contributed by atoms with Crippen LogP contribution in [-0.2, 0) is 11.3 Å². The van der Waals surface area contributed by atoms with Gasteiger partial charge < -0.3 is 16.2 Å². The zero-order chi connectivity index (χ0) is 12.3. The molecule has 0 aliphatic rings. The van der Waals surface area contributed by atoms with Crippen LogP contribution >= 0.6 is 0 Å². The Balaban J connectivity index is 2.67. The molecule has 0 amide bonds. The van der Waals surface area contributed by atoms with Gasteiger partial charge in [0.15, 0.2) is 0 Å². The van der Waals surface area contributed by atoms with E-state index in [1.165, 1.54) is 0 Å². The van der Waals surface area contributed by atoms with Crippen LogP contribution in [0.2, 0.25) is 0 Å². The van der Waals surface area contributed by atoms with E-state index < -0.39 is 12.8 Å². The van der Waals surface area contributed by atoms with Crippen LogP contribution in [0.3, 0.4) is 0 Å². The Hall–Kier alpha value is -1.57. The zero-order valence-electron chi connectivity index (χ0n) is 8.51. The number of nitrogen functional groups attached to an aromatic ring is 2. The van der Waals surface area contributed by atoms with E-state index in [-0.39, 0.29) is 24.1 Å². The maximum absolute atomic E-state index is 11.8. The van der Waals surface area contributed by atoms with Gasteiger partial charge >= 0.3 is 6.18 Å². The number of aromatic nitrogens is 2. The molecule has 1 heterocycles. The second-order valence-electron chi connectivity index (χ2n) is 3.15. The first-order chi connectivity index (χ1) is 7.29. The lowest BCUT2D eigenvalue weighted by molar-refractivity contribution is -0.176. The minimum Gasteiger partial charge on any atom is -0.383 e. The minimum absolute atomic E-state index is 0.0892. The van der Waals surface area contributed by atoms with E-state index in [4.69, 9.17) is 11.5 Å². The van der Waals surface area contributed by atoms with Crippen molar-refractivity contribution < 1.29 is 17.9 Å². The second-order valence-corrected chi connectivity index (χ2v) is 3.15. The Morgan fingerprint density at radius 1 is 1.25 bits per heavy atom. The zero-order valence-corrected chi connectivity index (χ0v) is 8.51. The van der Waals surface area contributed by atoms with Gasteiger partial charge in [-0.1, -0.05) is 0 Å². The van der Waals surface area contributed by atoms with Gasteiger partial charge in [-0.15, -0.1) is 0 Å². The molecule has 0 radical (unpaired) electrons. The van der Waals surface area contributed by atoms with Gasteiger partial charge in [-0.05, 0) is 6.92 Å². The molecule has 0 unspecified atom stereocenters. The molecule has 8 heteroatoms. The number of halogens is 3. The van der Waals surface area contributed by atoms with Crippen molar-refractivity contribution in [3.05, 3.63) is 11.3 Å². The number of nitrogens with zero attached hydrogens (tertiary/aromatic N) is 2. The predicted octanol–water partition coefficient (Wildman–Crippen LogP) is 1.03. The summed E-state index contributed by atoms with van der Waals surface area (Å²) in [4.78, 5) is 7.40. The third kappa shape index (κ3) is 3.54. The quantitative estimate of drug-likeness (QED) is 0.818. The van der Waals surface area contributed by atoms with Crippen LogP contribution in [0.1, 0.15) is 11.3 Å². The molecular weight excluding hydrogens is 225 g/mol. The molecule has 5 nitrogen and oxygen atoms in total. The molecule has 0 saturated carbocycles. The Kier molecular flexibility index (Phi) is 3.53. The molecule has 1 rings (SSSR count). The van der Waals surface area contributed by atoms with E-state index in [1.807, 2.05) is 0 Å². The summed E-state index contributed by atoms with van der Waals surface area (Å²) in [6.45, 7) is -0.0560. The van der Waals surface area contributed by atoms with Crippen LogP contribution in [0, 0.1) is 6.92 Å². The highest BCUT2D eigenvalue weighted by molar-refractivity contribution is 5.44. The maximum Gasteiger partial charge on any atom is 0.411 e. The third-order valence-corrected chi connectivity index (χ3v) is 1.81. The third-order valence-electron chi connectivity index (χ3n) is 1.81. The molecule has 4 N–H and O–H groups in total. The van der Waals surface area contributed by atoms with Gasteiger partial charge in [-0.2, -0.15) is 18.2 Å². The first kappa shape index (κ1) is 12.5. The summed E-state index contributed by atoms with van der Waals surface area (Å²) in [6, 6.07) is 0. The Morgan fingerprint density at radius 2 is 1.88 bits per heavy atom. The van der Waals surface area contributed by atoms with Crippen molar-refractivity contribution in [1.82, 2.24) is 9.97 Å². The molecule has 0 spiro atoms. The van der Waals surface area contributed by atoms with Crippen molar-refractivity contribution in [2.75, 3.05) is 18.1 Å². The van der Waals surface area contributed by atoms with E-state index >= 15 is 0 Å². The number of alkyl halides is 3. The molecule has 1 aromatic rings. The van der Waals surface area contributed by atoms with Gasteiger partial charge in [-0.25, -0.2) is 4.98 Å². The molecule has 0 fully saturated rings. The summed E-state index contributed by atoms with van der Waals surface area (Å²) in [7, 11) is 0. The largest absolute Gasteiger partial charge is 0.411 e. The van der Waals surface area contributed by atoms with Crippen molar-refractivity contribution in [1.29, 1.82) is 0 Å². The van der Waals surface area contributed by atoms with Crippen LogP contribution in [0.5, 0.6) is 0 Å². The fourth-order valence-corrected chi connectivity index (χ4v) is 1.01. The SMILES string of the molecule is Cc1c(N)nc(N)nc1COCC(F)(F)F. The molecule has 1 aromatic heterocycles. The smallest absolute Gasteiger partial charge is 0.383 e. The molecule has 16 heavy (non-hydrogen) atoms. The van der Waals surface area contributed by atoms with Crippen LogP contribution in [0.4, 0.5) is 24.9 Å². The van der Waals surface area contributed by atoms with E-state index in [0.29, 0.717) is 5.56 Å². The van der Waals surface area contributed by atoms with E-state index in [9.17, 15) is 13.2 Å². The first-order valence-corrected chi connectivity index (χ1v) is 4.32. The number of ether oxygens (including phenoxy) is 1. The normalized spacial score (nSPS) is 11.8. The summed E-state index contributed by atoms with van der Waals surface area (Å²) in [5.41, 5.74) is 11.5. The minimum atomic E-state index is -4.36. The first-order valence-electron chi connectivity index (χ1n) is 4.32. The van der Waals surface area contributed by atoms with Crippen molar-refractivity contribution in [3.63, 3.8) is 0 Å². The van der Waals surface area contributed by atoms with Gasteiger partial charge in [0.05, 0.1) is 12.3 Å². The fraction of sp³-hybridized carbons (Fsp3) is 0.500. The van der Waals surface area contributed by atoms with Crippen molar-refractivity contribution in [3.8, 4) is 0 Å². The average Bonchev–Trinajstić information content (AvgIpc) is 2.11. The number of hydrogen-bond donors (Lipinski definition) is 2. The average molecular weight is 236 g/mol. The molecule has 0 aliphatic carbocycles. The fourth-order valence-electron chi connectivity index (χ4n) is 1.01. The molecule has 90 valence electrons. The number of hydrogen-bond acceptors (Lipinski definition) is 5. The monoisotopic (exact) mass is 236 g/mol. The van der Waals surface area contributed by atoms with Gasteiger partial charge in [0.2, 0.25) is 5.95 Å². The van der Waals surface area contributed by atoms with Crippen molar-refractivity contribution in [2.45, 2.75) is 19.7 Å². The van der Waals surface area contributed by atoms with Crippen LogP contribution in [-0.4, -0.2) is 22.8 Å². The lowest BCUT2D eigenvalue weighted by Gasteiger charge is -2.10. The predicted molar refractivity (Wildman–Crippen MR) is 51.3 cm³/mol. The van der Waals surface area contributed by atoms with E-state index in [1.54, 1.807) is 6.92 Å². The standard InChI is InChI=1S/C8H11F3N4O/c1-4-5(2-16-3-8(9,10)11)14-7(13)15-6(4)12/h2-3H2,1H3,(H4,12,13,14,15). The molecule has 0 saturated heterocycles. The van der Waals surface area contributed by atoms with E-state index in [2.05, 4.69) is 14.7 Å². The lowest BCUT2D eigenvalue weighted by Crippen LogP contribution is -2.17. The van der Waals surface area contributed by atoms with Gasteiger partial charge in [0, 0.05) is 5.56 Å². The van der Waals surface area contributed by atoms with Gasteiger partial charge in [0.1, 0.15) is 12.4 Å². The van der Waals surface area contributed by atoms with Crippen molar-refractivity contribution >= 4 is 11.8 Å². The number of anilines is 2. The van der Waals surface area contributed by atoms with E-state index in [0.717, 1.165) is 0 Å². The van der Waals surface area contributed by atoms with Gasteiger partial charge in [-0.3, -0.25) is 0 Å². The summed E-state index contributed by atoms with van der Waals surface area (Å²) in [6.07, 6.45) is -4.36. The Labute approximate surface area is 89.6 Å². The maximum atomic E-state index is 11.8. The molecule has 0 atom stereocenters. The van der Waals surface area contributed by atoms with Crippen LogP contribution < -0.4 is 11.5 Å². The summed E-state index contributed by atoms with van der Waals surface area (Å²) in [5, 5.41) is 0. The molecule has 0 bridgehead atoms. The molecule has 0 aromatic carbocycles. The molecule has 0 aliphatic heterocycles. The highest BCUT2D eigenvalue weighted by atomic mass is 19.4.